The zero-order valence-electron chi connectivity index (χ0n) is 64.9. The largest absolute Gasteiger partial charge is 0.462 e. The lowest BCUT2D eigenvalue weighted by Crippen LogP contribution is -2.73. The normalized spacial score (nSPS) is 26.3. The summed E-state index contributed by atoms with van der Waals surface area (Å²) >= 11 is 0. The van der Waals surface area contributed by atoms with Crippen molar-refractivity contribution in [1.29, 1.82) is 0 Å². The molecule has 6 aromatic carbocycles. The molecule has 0 aromatic heterocycles. The highest BCUT2D eigenvalue weighted by molar-refractivity contribution is 7.92. The van der Waals surface area contributed by atoms with Crippen molar-refractivity contribution >= 4 is 64.8 Å². The molecule has 5 heterocycles. The molecule has 574 valence electrons. The van der Waals surface area contributed by atoms with Gasteiger partial charge < -0.3 is 46.7 Å². The zero-order chi connectivity index (χ0) is 76.4. The molecule has 4 unspecified atom stereocenters. The number of esters is 1. The number of fused-ring (bicyclic) bond motifs is 2. The van der Waals surface area contributed by atoms with Gasteiger partial charge in [0.25, 0.3) is 16.6 Å². The number of carbonyl (C=O) groups excluding carboxylic acids is 3. The summed E-state index contributed by atoms with van der Waals surface area (Å²) < 4.78 is 102. The summed E-state index contributed by atoms with van der Waals surface area (Å²) in [5, 5.41) is 1.41. The van der Waals surface area contributed by atoms with Gasteiger partial charge in [-0.15, -0.1) is 5.73 Å². The fraction of sp³-hybridized carbons (Fsp3) is 0.506. The third kappa shape index (κ3) is 18.4. The first kappa shape index (κ1) is 81.4. The van der Waals surface area contributed by atoms with Gasteiger partial charge in [-0.3, -0.25) is 9.59 Å². The van der Waals surface area contributed by atoms with Gasteiger partial charge in [0, 0.05) is 39.9 Å². The van der Waals surface area contributed by atoms with E-state index < -0.39 is 109 Å². The van der Waals surface area contributed by atoms with Crippen molar-refractivity contribution in [3.05, 3.63) is 218 Å². The van der Waals surface area contributed by atoms with Crippen molar-refractivity contribution in [2.45, 2.75) is 246 Å². The van der Waals surface area contributed by atoms with E-state index in [2.05, 4.69) is 147 Å². The van der Waals surface area contributed by atoms with Gasteiger partial charge in [-0.05, 0) is 148 Å². The maximum absolute atomic E-state index is 16.3. The second-order valence-electron chi connectivity index (χ2n) is 32.9. The highest BCUT2D eigenvalue weighted by atomic mass is 32.2. The van der Waals surface area contributed by atoms with E-state index >= 15 is 18.0 Å². The number of benzene rings is 6. The molecular formula is C89H114O15SSi2. The third-order valence-corrected chi connectivity index (χ3v) is 35.4. The Morgan fingerprint density at radius 2 is 1.09 bits per heavy atom. The first-order chi connectivity index (χ1) is 51.2. The lowest BCUT2D eigenvalue weighted by Gasteiger charge is -2.53. The summed E-state index contributed by atoms with van der Waals surface area (Å²) in [6.07, 6.45) is -4.28. The standard InChI is InChI=1S/C89H114O15SSi2/c1-15-59(2)50-60(3)46-48-75-62(5)52-67(98-75)55-80(105(93,94)68-36-24-17-25-37-68)74(91)56-79-83(103-106(88(7,8)9,69-38-26-18-27-39-69)70-40-28-19-29-41-70)84-85(102-79)86(104-107(89(10,11)12,71-42-30-20-31-43-71)72-44-32-21-33-45-72)82-76(101-84)49-47-66(99-82)53-65(90)54-73-63(6)77(100-78(73)57-81(95-13)96-14)51-61(4)58-97-87(92)64-34-22-16-23-35-64/h16-45,60-61,63,66-67,73,75-86H,1,5,46-58H2,2-4,6-14H3/t60-,61-,63+,66+,67?,73?,75-,76-,77+,78-,79?,80?,82-,83-,84-,85+,86-/m0/s1. The number of Topliss-reactive ketones (excluding diaryl/α,β-unsaturated/α-hetero) is 2. The number of sulfone groups is 1. The fourth-order valence-electron chi connectivity index (χ4n) is 17.7. The van der Waals surface area contributed by atoms with E-state index in [4.69, 9.17) is 46.7 Å². The topological polar surface area (TPSA) is 178 Å². The van der Waals surface area contributed by atoms with Crippen LogP contribution in [0.4, 0.5) is 0 Å². The summed E-state index contributed by atoms with van der Waals surface area (Å²) in [6.45, 7) is 30.3. The van der Waals surface area contributed by atoms with Gasteiger partial charge in [0.2, 0.25) is 0 Å². The highest BCUT2D eigenvalue weighted by Gasteiger charge is 2.65. The summed E-state index contributed by atoms with van der Waals surface area (Å²) in [5.41, 5.74) is 5.48. The van der Waals surface area contributed by atoms with Gasteiger partial charge in [0.05, 0.1) is 59.8 Å². The predicted molar refractivity (Wildman–Crippen MR) is 424 cm³/mol. The van der Waals surface area contributed by atoms with E-state index in [9.17, 15) is 4.79 Å². The highest BCUT2D eigenvalue weighted by Crippen LogP contribution is 2.50. The summed E-state index contributed by atoms with van der Waals surface area (Å²) in [4.78, 5) is 44.6. The summed E-state index contributed by atoms with van der Waals surface area (Å²) in [6, 6.07) is 58.8. The molecule has 5 aliphatic rings. The Morgan fingerprint density at radius 3 is 1.62 bits per heavy atom. The molecule has 5 aliphatic heterocycles. The second-order valence-corrected chi connectivity index (χ2v) is 43.5. The van der Waals surface area contributed by atoms with E-state index in [1.54, 1.807) is 56.7 Å². The van der Waals surface area contributed by atoms with Crippen LogP contribution in [0.2, 0.25) is 10.1 Å². The maximum atomic E-state index is 16.3. The number of methoxy groups -OCH3 is 2. The molecule has 0 aliphatic carbocycles. The number of hydrogen-bond donors (Lipinski definition) is 0. The van der Waals surface area contributed by atoms with Crippen LogP contribution < -0.4 is 20.7 Å². The van der Waals surface area contributed by atoms with Crippen molar-refractivity contribution in [2.24, 2.45) is 23.7 Å². The number of allylic oxidation sites excluding steroid dienone is 1. The fourth-order valence-corrected chi connectivity index (χ4v) is 28.9. The molecule has 107 heavy (non-hydrogen) atoms. The van der Waals surface area contributed by atoms with Crippen molar-refractivity contribution in [3.8, 4) is 0 Å². The molecule has 0 amide bonds. The third-order valence-electron chi connectivity index (χ3n) is 23.2. The number of ether oxygens (including phenoxy) is 8. The molecule has 6 aromatic rings. The quantitative estimate of drug-likeness (QED) is 0.0125. The van der Waals surface area contributed by atoms with Gasteiger partial charge in [0.1, 0.15) is 41.6 Å². The van der Waals surface area contributed by atoms with Crippen LogP contribution >= 0.6 is 0 Å². The number of carbonyl (C=O) groups is 3. The minimum Gasteiger partial charge on any atom is -0.462 e. The molecule has 0 bridgehead atoms. The minimum absolute atomic E-state index is 0.0220. The van der Waals surface area contributed by atoms with Crippen molar-refractivity contribution < 1.29 is 69.5 Å². The van der Waals surface area contributed by atoms with Gasteiger partial charge >= 0.3 is 5.97 Å². The van der Waals surface area contributed by atoms with Crippen LogP contribution in [0.1, 0.15) is 157 Å². The maximum Gasteiger partial charge on any atom is 0.338 e. The number of rotatable bonds is 33. The van der Waals surface area contributed by atoms with Gasteiger partial charge in [0.15, 0.2) is 21.9 Å². The van der Waals surface area contributed by atoms with E-state index in [-0.39, 0.29) is 85.0 Å². The molecule has 0 radical (unpaired) electrons. The lowest BCUT2D eigenvalue weighted by atomic mass is 9.80. The van der Waals surface area contributed by atoms with Crippen LogP contribution in [-0.2, 0) is 66.2 Å². The van der Waals surface area contributed by atoms with Gasteiger partial charge in [-0.1, -0.05) is 233 Å². The van der Waals surface area contributed by atoms with Crippen molar-refractivity contribution in [2.75, 3.05) is 20.8 Å². The zero-order valence-corrected chi connectivity index (χ0v) is 67.7. The molecule has 17 atom stereocenters. The van der Waals surface area contributed by atoms with E-state index in [1.165, 1.54) is 0 Å². The average Bonchev–Trinajstić information content (AvgIpc) is 1.71. The Morgan fingerprint density at radius 1 is 0.579 bits per heavy atom. The first-order valence-electron chi connectivity index (χ1n) is 38.7. The molecular weight excluding hydrogens is 1400 g/mol. The molecule has 15 nitrogen and oxygen atoms in total. The minimum atomic E-state index is -4.38. The van der Waals surface area contributed by atoms with Gasteiger partial charge in [-0.25, -0.2) is 13.2 Å². The van der Waals surface area contributed by atoms with E-state index in [0.29, 0.717) is 50.0 Å². The smallest absolute Gasteiger partial charge is 0.338 e. The monoisotopic (exact) mass is 1510 g/mol. The van der Waals surface area contributed by atoms with Crippen molar-refractivity contribution in [3.63, 3.8) is 0 Å². The number of ketones is 2. The molecule has 5 fully saturated rings. The molecule has 0 saturated carbocycles. The van der Waals surface area contributed by atoms with Crippen LogP contribution in [0.25, 0.3) is 0 Å². The predicted octanol–water partition coefficient (Wildman–Crippen LogP) is 14.7. The van der Waals surface area contributed by atoms with Crippen LogP contribution in [0.3, 0.4) is 0 Å². The Balaban J connectivity index is 0.973. The van der Waals surface area contributed by atoms with Crippen molar-refractivity contribution in [1.82, 2.24) is 0 Å². The first-order valence-corrected chi connectivity index (χ1v) is 44.0. The number of hydrogen-bond acceptors (Lipinski definition) is 15. The van der Waals surface area contributed by atoms with E-state index in [0.717, 1.165) is 44.7 Å². The molecule has 5 saturated heterocycles. The molecule has 0 spiro atoms. The average molecular weight is 1510 g/mol. The second kappa shape index (κ2) is 35.6. The Hall–Kier alpha value is -6.59. The van der Waals surface area contributed by atoms with Crippen LogP contribution in [0, 0.1) is 23.7 Å². The van der Waals surface area contributed by atoms with Crippen LogP contribution in [0.5, 0.6) is 0 Å². The molecule has 18 heteroatoms. The van der Waals surface area contributed by atoms with Crippen LogP contribution in [0.15, 0.2) is 217 Å². The van der Waals surface area contributed by atoms with Crippen LogP contribution in [-0.4, -0.2) is 148 Å². The lowest BCUT2D eigenvalue weighted by molar-refractivity contribution is -0.254. The van der Waals surface area contributed by atoms with Gasteiger partial charge in [-0.2, -0.15) is 0 Å². The van der Waals surface area contributed by atoms with E-state index in [1.807, 2.05) is 80.6 Å². The molecule has 11 rings (SSSR count). The summed E-state index contributed by atoms with van der Waals surface area (Å²) in [5.74, 6) is -0.842. The Labute approximate surface area is 638 Å². The molecule has 0 N–H and O–H groups in total. The SMILES string of the molecule is C=C=C(C)C[C@@H](C)CC[C@@H]1OC(CC(C(=O)CC2O[C@H]3[C@@H](O[Si](c4ccccc4)(c4ccccc4)C(C)(C)C)[C@H]4O[C@@H](CC(=O)CC5[C@H](CC(OC)OC)O[C@H](C[C@H](C)COC(=O)c6ccccc6)[C@@H]5C)CC[C@@H]4O[C@H]3[C@H]2O[Si](c2ccccc2)(c2ccccc2)C(C)(C)C)S(=O)(=O)c2ccccc2)CC1=C. The summed E-state index contributed by atoms with van der Waals surface area (Å²) in [7, 11) is -8.33. The Kier molecular flexibility index (Phi) is 27.1. The Bertz CT molecular complexity index is 3990.